The molecule has 1 aliphatic heterocycles. The van der Waals surface area contributed by atoms with Crippen molar-refractivity contribution >= 4 is 0 Å². The average molecular weight is 273 g/mol. The monoisotopic (exact) mass is 273 g/mol. The van der Waals surface area contributed by atoms with Gasteiger partial charge in [-0.05, 0) is 26.0 Å². The van der Waals surface area contributed by atoms with Crippen molar-refractivity contribution < 1.29 is 9.47 Å². The average Bonchev–Trinajstić information content (AvgIpc) is 3.14. The molecule has 2 atom stereocenters. The summed E-state index contributed by atoms with van der Waals surface area (Å²) in [7, 11) is 0. The van der Waals surface area contributed by atoms with E-state index in [1.54, 1.807) is 6.20 Å². The topological polar surface area (TPSA) is 48.3 Å². The van der Waals surface area contributed by atoms with Gasteiger partial charge in [-0.3, -0.25) is 4.68 Å². The Morgan fingerprint density at radius 2 is 2.20 bits per heavy atom. The third-order valence-corrected chi connectivity index (χ3v) is 3.76. The zero-order valence-electron chi connectivity index (χ0n) is 11.7. The molecule has 20 heavy (non-hydrogen) atoms. The predicted molar refractivity (Wildman–Crippen MR) is 75.8 cm³/mol. The number of nitrogens with one attached hydrogen (secondary N) is 1. The Morgan fingerprint density at radius 3 is 3.00 bits per heavy atom. The summed E-state index contributed by atoms with van der Waals surface area (Å²) in [5, 5.41) is 7.80. The van der Waals surface area contributed by atoms with Gasteiger partial charge in [-0.25, -0.2) is 0 Å². The molecule has 2 aromatic rings. The van der Waals surface area contributed by atoms with E-state index in [-0.39, 0.29) is 0 Å². The maximum absolute atomic E-state index is 5.51. The molecule has 1 aromatic heterocycles. The van der Waals surface area contributed by atoms with Gasteiger partial charge < -0.3 is 14.8 Å². The maximum Gasteiger partial charge on any atom is 0.231 e. The largest absolute Gasteiger partial charge is 0.454 e. The van der Waals surface area contributed by atoms with Gasteiger partial charge in [0.1, 0.15) is 0 Å². The van der Waals surface area contributed by atoms with E-state index < -0.39 is 0 Å². The van der Waals surface area contributed by atoms with Crippen LogP contribution in [-0.2, 0) is 6.54 Å². The van der Waals surface area contributed by atoms with Crippen LogP contribution in [0.1, 0.15) is 25.5 Å². The Morgan fingerprint density at radius 1 is 1.30 bits per heavy atom. The van der Waals surface area contributed by atoms with Crippen molar-refractivity contribution in [3.05, 3.63) is 42.2 Å². The number of benzene rings is 1. The summed E-state index contributed by atoms with van der Waals surface area (Å²) >= 11 is 0. The predicted octanol–water partition coefficient (Wildman–Crippen LogP) is 2.35. The Balaban J connectivity index is 1.64. The van der Waals surface area contributed by atoms with Crippen LogP contribution in [0, 0.1) is 0 Å². The van der Waals surface area contributed by atoms with E-state index in [2.05, 4.69) is 30.3 Å². The normalized spacial score (nSPS) is 16.1. The number of hydrogen-bond donors (Lipinski definition) is 1. The van der Waals surface area contributed by atoms with Crippen molar-refractivity contribution in [2.24, 2.45) is 0 Å². The molecule has 5 heteroatoms. The van der Waals surface area contributed by atoms with Crippen molar-refractivity contribution in [1.82, 2.24) is 15.1 Å². The van der Waals surface area contributed by atoms with Crippen LogP contribution in [-0.4, -0.2) is 22.6 Å². The van der Waals surface area contributed by atoms with E-state index in [0.717, 1.165) is 23.6 Å². The Labute approximate surface area is 118 Å². The smallest absolute Gasteiger partial charge is 0.231 e. The number of ether oxygens (including phenoxy) is 2. The summed E-state index contributed by atoms with van der Waals surface area (Å²) in [4.78, 5) is 0. The molecule has 0 radical (unpaired) electrons. The molecule has 0 unspecified atom stereocenters. The first-order chi connectivity index (χ1) is 9.75. The highest BCUT2D eigenvalue weighted by Crippen LogP contribution is 2.35. The molecule has 0 amide bonds. The van der Waals surface area contributed by atoms with E-state index in [0.29, 0.717) is 18.9 Å². The molecule has 0 saturated carbocycles. The first-order valence-corrected chi connectivity index (χ1v) is 6.85. The van der Waals surface area contributed by atoms with Gasteiger partial charge in [0.15, 0.2) is 11.5 Å². The molecule has 106 valence electrons. The summed E-state index contributed by atoms with van der Waals surface area (Å²) in [6.45, 7) is 5.37. The van der Waals surface area contributed by atoms with Crippen LogP contribution in [0.5, 0.6) is 11.5 Å². The minimum absolute atomic E-state index is 0.291. The van der Waals surface area contributed by atoms with Crippen molar-refractivity contribution in [3.63, 3.8) is 0 Å². The van der Waals surface area contributed by atoms with Gasteiger partial charge >= 0.3 is 0 Å². The second kappa shape index (κ2) is 5.54. The van der Waals surface area contributed by atoms with Gasteiger partial charge in [-0.2, -0.15) is 5.10 Å². The lowest BCUT2D eigenvalue weighted by molar-refractivity contribution is 0.173. The molecule has 3 rings (SSSR count). The van der Waals surface area contributed by atoms with Crippen molar-refractivity contribution in [3.8, 4) is 11.5 Å². The van der Waals surface area contributed by atoms with Gasteiger partial charge in [0.25, 0.3) is 0 Å². The number of nitrogens with zero attached hydrogens (tertiary/aromatic N) is 2. The molecule has 2 heterocycles. The first kappa shape index (κ1) is 13.0. The van der Waals surface area contributed by atoms with Gasteiger partial charge in [0.2, 0.25) is 6.79 Å². The standard InChI is InChI=1S/C15H19N3O2/c1-11(12(2)18-8-4-7-17-18)16-9-13-5-3-6-14-15(13)20-10-19-14/h3-8,11-12,16H,9-10H2,1-2H3/t11-,12+/m0/s1. The van der Waals surface area contributed by atoms with Crippen LogP contribution in [0.3, 0.4) is 0 Å². The highest BCUT2D eigenvalue weighted by molar-refractivity contribution is 5.48. The summed E-state index contributed by atoms with van der Waals surface area (Å²) < 4.78 is 12.9. The maximum atomic E-state index is 5.51. The highest BCUT2D eigenvalue weighted by Gasteiger charge is 2.19. The second-order valence-corrected chi connectivity index (χ2v) is 5.05. The van der Waals surface area contributed by atoms with Gasteiger partial charge in [0, 0.05) is 30.5 Å². The summed E-state index contributed by atoms with van der Waals surface area (Å²) in [5.74, 6) is 1.69. The SMILES string of the molecule is C[C@H](NCc1cccc2c1OCO2)[C@@H](C)n1cccn1. The number of aromatic nitrogens is 2. The van der Waals surface area contributed by atoms with Crippen LogP contribution in [0.2, 0.25) is 0 Å². The Hall–Kier alpha value is -2.01. The molecule has 0 bridgehead atoms. The van der Waals surface area contributed by atoms with Gasteiger partial charge in [0.05, 0.1) is 6.04 Å². The Bertz CT molecular complexity index is 569. The number of hydrogen-bond acceptors (Lipinski definition) is 4. The fraction of sp³-hybridized carbons (Fsp3) is 0.400. The fourth-order valence-corrected chi connectivity index (χ4v) is 2.32. The zero-order chi connectivity index (χ0) is 13.9. The van der Waals surface area contributed by atoms with Crippen LogP contribution < -0.4 is 14.8 Å². The molecule has 5 nitrogen and oxygen atoms in total. The molecular formula is C15H19N3O2. The molecule has 1 aromatic carbocycles. The lowest BCUT2D eigenvalue weighted by Crippen LogP contribution is -2.33. The van der Waals surface area contributed by atoms with E-state index in [1.165, 1.54) is 0 Å². The molecular weight excluding hydrogens is 254 g/mol. The number of para-hydroxylation sites is 1. The Kier molecular flexibility index (Phi) is 3.60. The van der Waals surface area contributed by atoms with E-state index in [1.807, 2.05) is 29.1 Å². The third kappa shape index (κ3) is 2.49. The van der Waals surface area contributed by atoms with E-state index >= 15 is 0 Å². The van der Waals surface area contributed by atoms with Crippen LogP contribution in [0.4, 0.5) is 0 Å². The van der Waals surface area contributed by atoms with Crippen molar-refractivity contribution in [1.29, 1.82) is 0 Å². The molecule has 1 N–H and O–H groups in total. The minimum atomic E-state index is 0.291. The van der Waals surface area contributed by atoms with Crippen LogP contribution >= 0.6 is 0 Å². The lowest BCUT2D eigenvalue weighted by atomic mass is 10.1. The number of rotatable bonds is 5. The van der Waals surface area contributed by atoms with Crippen LogP contribution in [0.25, 0.3) is 0 Å². The second-order valence-electron chi connectivity index (χ2n) is 5.05. The number of fused-ring (bicyclic) bond motifs is 1. The van der Waals surface area contributed by atoms with Gasteiger partial charge in [-0.15, -0.1) is 0 Å². The quantitative estimate of drug-likeness (QED) is 0.908. The fourth-order valence-electron chi connectivity index (χ4n) is 2.32. The zero-order valence-corrected chi connectivity index (χ0v) is 11.7. The highest BCUT2D eigenvalue weighted by atomic mass is 16.7. The van der Waals surface area contributed by atoms with Crippen molar-refractivity contribution in [2.45, 2.75) is 32.5 Å². The minimum Gasteiger partial charge on any atom is -0.454 e. The van der Waals surface area contributed by atoms with Crippen LogP contribution in [0.15, 0.2) is 36.7 Å². The molecule has 0 fully saturated rings. The molecule has 0 aliphatic carbocycles. The lowest BCUT2D eigenvalue weighted by Gasteiger charge is -2.22. The summed E-state index contributed by atoms with van der Waals surface area (Å²) in [6, 6.07) is 8.52. The molecule has 0 spiro atoms. The first-order valence-electron chi connectivity index (χ1n) is 6.85. The summed E-state index contributed by atoms with van der Waals surface area (Å²) in [6.07, 6.45) is 3.79. The van der Waals surface area contributed by atoms with E-state index in [4.69, 9.17) is 9.47 Å². The third-order valence-electron chi connectivity index (χ3n) is 3.76. The molecule has 1 aliphatic rings. The van der Waals surface area contributed by atoms with Crippen molar-refractivity contribution in [2.75, 3.05) is 6.79 Å². The molecule has 0 saturated heterocycles. The summed E-state index contributed by atoms with van der Waals surface area (Å²) in [5.41, 5.74) is 1.12. The van der Waals surface area contributed by atoms with E-state index in [9.17, 15) is 0 Å². The van der Waals surface area contributed by atoms with Gasteiger partial charge in [-0.1, -0.05) is 12.1 Å².